The van der Waals surface area contributed by atoms with Crippen LogP contribution in [-0.4, -0.2) is 41.0 Å². The van der Waals surface area contributed by atoms with Crippen molar-refractivity contribution in [3.05, 3.63) is 96.3 Å². The number of hydrogen-bond acceptors (Lipinski definition) is 5. The van der Waals surface area contributed by atoms with Crippen LogP contribution in [0.2, 0.25) is 0 Å². The minimum absolute atomic E-state index is 0.0507. The molecule has 0 aliphatic carbocycles. The number of hydrogen-bond donors (Lipinski definition) is 2. The lowest BCUT2D eigenvalue weighted by Crippen LogP contribution is -2.51. The van der Waals surface area contributed by atoms with Gasteiger partial charge >= 0.3 is 0 Å². The van der Waals surface area contributed by atoms with Crippen molar-refractivity contribution in [3.8, 4) is 6.07 Å². The van der Waals surface area contributed by atoms with Crippen molar-refractivity contribution in [2.45, 2.75) is 24.4 Å². The second-order valence-corrected chi connectivity index (χ2v) is 8.08. The first-order valence-corrected chi connectivity index (χ1v) is 10.9. The van der Waals surface area contributed by atoms with Crippen LogP contribution in [0.3, 0.4) is 0 Å². The highest BCUT2D eigenvalue weighted by atomic mass is 16.2. The molecule has 6 nitrogen and oxygen atoms in total. The molecule has 2 aromatic carbocycles. The highest BCUT2D eigenvalue weighted by molar-refractivity contribution is 5.78. The highest BCUT2D eigenvalue weighted by Crippen LogP contribution is 2.27. The number of piperidine rings is 1. The van der Waals surface area contributed by atoms with Crippen LogP contribution >= 0.6 is 0 Å². The molecule has 0 radical (unpaired) electrons. The number of anilines is 1. The first-order valence-electron chi connectivity index (χ1n) is 10.9. The molecule has 3 aromatic rings. The summed E-state index contributed by atoms with van der Waals surface area (Å²) in [4.78, 5) is 18.9. The number of rotatable bonds is 7. The predicted octanol–water partition coefficient (Wildman–Crippen LogP) is 3.76. The zero-order chi connectivity index (χ0) is 22.2. The fraction of sp³-hybridized carbons (Fsp3) is 0.269. The van der Waals surface area contributed by atoms with E-state index < -0.39 is 5.54 Å². The molecule has 1 aliphatic rings. The Labute approximate surface area is 188 Å². The molecule has 4 rings (SSSR count). The van der Waals surface area contributed by atoms with Gasteiger partial charge in [0.2, 0.25) is 5.91 Å². The summed E-state index contributed by atoms with van der Waals surface area (Å²) in [5.74, 6) is 0.0507. The van der Waals surface area contributed by atoms with Gasteiger partial charge in [-0.25, -0.2) is 0 Å². The van der Waals surface area contributed by atoms with Gasteiger partial charge in [0.25, 0.3) is 0 Å². The van der Waals surface area contributed by atoms with E-state index >= 15 is 0 Å². The summed E-state index contributed by atoms with van der Waals surface area (Å²) in [6.45, 7) is 1.33. The number of carbonyl (C=O) groups excluding carboxylic acids is 1. The molecular weight excluding hydrogens is 398 g/mol. The first kappa shape index (κ1) is 21.5. The molecule has 0 unspecified atom stereocenters. The third-order valence-electron chi connectivity index (χ3n) is 5.95. The van der Waals surface area contributed by atoms with Crippen molar-refractivity contribution in [2.24, 2.45) is 0 Å². The number of aromatic nitrogens is 1. The lowest BCUT2D eigenvalue weighted by Gasteiger charge is -2.38. The topological polar surface area (TPSA) is 81.1 Å². The van der Waals surface area contributed by atoms with Crippen molar-refractivity contribution in [2.75, 3.05) is 25.0 Å². The van der Waals surface area contributed by atoms with E-state index in [-0.39, 0.29) is 18.5 Å². The van der Waals surface area contributed by atoms with Crippen LogP contribution in [0.25, 0.3) is 0 Å². The average Bonchev–Trinajstić information content (AvgIpc) is 2.86. The Kier molecular flexibility index (Phi) is 6.78. The van der Waals surface area contributed by atoms with Gasteiger partial charge in [0, 0.05) is 38.3 Å². The van der Waals surface area contributed by atoms with Gasteiger partial charge in [-0.15, -0.1) is 0 Å². The Morgan fingerprint density at radius 1 is 1.00 bits per heavy atom. The number of nitrogens with zero attached hydrogens (tertiary/aromatic N) is 3. The average molecular weight is 426 g/mol. The normalized spacial score (nSPS) is 15.2. The molecule has 1 aliphatic heterocycles. The van der Waals surface area contributed by atoms with E-state index in [0.717, 1.165) is 16.8 Å². The van der Waals surface area contributed by atoms with Crippen molar-refractivity contribution < 1.29 is 4.79 Å². The monoisotopic (exact) mass is 425 g/mol. The van der Waals surface area contributed by atoms with Crippen molar-refractivity contribution in [3.63, 3.8) is 0 Å². The van der Waals surface area contributed by atoms with Crippen LogP contribution < -0.4 is 10.6 Å². The summed E-state index contributed by atoms with van der Waals surface area (Å²) < 4.78 is 0. The molecule has 0 atom stereocenters. The summed E-state index contributed by atoms with van der Waals surface area (Å²) in [7, 11) is 0. The van der Waals surface area contributed by atoms with E-state index in [0.29, 0.717) is 25.9 Å². The summed E-state index contributed by atoms with van der Waals surface area (Å²) >= 11 is 0. The van der Waals surface area contributed by atoms with Crippen LogP contribution in [0, 0.1) is 11.3 Å². The van der Waals surface area contributed by atoms with E-state index in [1.54, 1.807) is 12.4 Å². The van der Waals surface area contributed by atoms with Crippen LogP contribution in [0.5, 0.6) is 0 Å². The lowest BCUT2D eigenvalue weighted by molar-refractivity contribution is -0.131. The summed E-state index contributed by atoms with van der Waals surface area (Å²) in [5, 5.41) is 16.6. The van der Waals surface area contributed by atoms with E-state index in [2.05, 4.69) is 46.0 Å². The molecule has 0 bridgehead atoms. The molecule has 6 heteroatoms. The molecule has 1 amide bonds. The zero-order valence-corrected chi connectivity index (χ0v) is 17.9. The second kappa shape index (κ2) is 10.1. The standard InChI is InChI=1S/C26H27N5O/c27-20-26(30-23-12-7-15-28-18-23)13-16-31(17-14-26)24(32)19-29-25(21-8-3-1-4-9-21)22-10-5-2-6-11-22/h1-12,15,18,25,29-30H,13-14,16-17,19H2. The summed E-state index contributed by atoms with van der Waals surface area (Å²) in [5.41, 5.74) is 2.39. The Bertz CT molecular complexity index is 1000. The van der Waals surface area contributed by atoms with Gasteiger partial charge in [0.1, 0.15) is 5.54 Å². The van der Waals surface area contributed by atoms with Gasteiger partial charge in [-0.3, -0.25) is 15.1 Å². The van der Waals surface area contributed by atoms with E-state index in [9.17, 15) is 10.1 Å². The zero-order valence-electron chi connectivity index (χ0n) is 17.9. The number of amides is 1. The van der Waals surface area contributed by atoms with Crippen LogP contribution in [0.1, 0.15) is 30.0 Å². The molecule has 162 valence electrons. The summed E-state index contributed by atoms with van der Waals surface area (Å²) in [6.07, 6.45) is 4.57. The van der Waals surface area contributed by atoms with Crippen molar-refractivity contribution >= 4 is 11.6 Å². The molecule has 1 saturated heterocycles. The number of carbonyl (C=O) groups is 1. The lowest BCUT2D eigenvalue weighted by atomic mass is 9.88. The summed E-state index contributed by atoms with van der Waals surface area (Å²) in [6, 6.07) is 26.4. The van der Waals surface area contributed by atoms with E-state index in [4.69, 9.17) is 0 Å². The number of benzene rings is 2. The Morgan fingerprint density at radius 2 is 1.62 bits per heavy atom. The minimum Gasteiger partial charge on any atom is -0.366 e. The minimum atomic E-state index is -0.677. The SMILES string of the molecule is N#CC1(Nc2cccnc2)CCN(C(=O)CNC(c2ccccc2)c2ccccc2)CC1. The number of nitrogens with one attached hydrogen (secondary N) is 2. The molecule has 32 heavy (non-hydrogen) atoms. The second-order valence-electron chi connectivity index (χ2n) is 8.08. The Hall–Kier alpha value is -3.69. The Balaban J connectivity index is 1.37. The Morgan fingerprint density at radius 3 is 2.16 bits per heavy atom. The predicted molar refractivity (Wildman–Crippen MR) is 125 cm³/mol. The molecule has 0 spiro atoms. The van der Waals surface area contributed by atoms with Gasteiger partial charge in [0.05, 0.1) is 24.3 Å². The third-order valence-corrected chi connectivity index (χ3v) is 5.95. The molecular formula is C26H27N5O. The van der Waals surface area contributed by atoms with Crippen molar-refractivity contribution in [1.29, 1.82) is 5.26 Å². The van der Waals surface area contributed by atoms with Gasteiger partial charge in [-0.05, 0) is 23.3 Å². The molecule has 1 fully saturated rings. The van der Waals surface area contributed by atoms with E-state index in [1.165, 1.54) is 0 Å². The van der Waals surface area contributed by atoms with Crippen LogP contribution in [-0.2, 0) is 4.79 Å². The largest absolute Gasteiger partial charge is 0.366 e. The molecule has 1 aromatic heterocycles. The fourth-order valence-corrected chi connectivity index (χ4v) is 4.14. The first-order chi connectivity index (χ1) is 15.7. The maximum absolute atomic E-state index is 13.0. The molecule has 0 saturated carbocycles. The molecule has 2 heterocycles. The van der Waals surface area contributed by atoms with Crippen molar-refractivity contribution in [1.82, 2.24) is 15.2 Å². The molecule has 2 N–H and O–H groups in total. The van der Waals surface area contributed by atoms with E-state index in [1.807, 2.05) is 53.4 Å². The third kappa shape index (κ3) is 5.13. The number of likely N-dealkylation sites (tertiary alicyclic amines) is 1. The maximum atomic E-state index is 13.0. The number of nitriles is 1. The van der Waals surface area contributed by atoms with Gasteiger partial charge in [-0.2, -0.15) is 5.26 Å². The van der Waals surface area contributed by atoms with Gasteiger partial charge < -0.3 is 10.2 Å². The fourth-order valence-electron chi connectivity index (χ4n) is 4.14. The van der Waals surface area contributed by atoms with Crippen LogP contribution in [0.4, 0.5) is 5.69 Å². The highest BCUT2D eigenvalue weighted by Gasteiger charge is 2.36. The van der Waals surface area contributed by atoms with Gasteiger partial charge in [-0.1, -0.05) is 60.7 Å². The maximum Gasteiger partial charge on any atom is 0.236 e. The van der Waals surface area contributed by atoms with Crippen LogP contribution in [0.15, 0.2) is 85.2 Å². The van der Waals surface area contributed by atoms with Gasteiger partial charge in [0.15, 0.2) is 0 Å². The number of pyridine rings is 1. The quantitative estimate of drug-likeness (QED) is 0.602. The smallest absolute Gasteiger partial charge is 0.236 e.